The molecule has 2 aromatic carbocycles. The lowest BCUT2D eigenvalue weighted by atomic mass is 10.2. The minimum Gasteiger partial charge on any atom is -0.333 e. The molecule has 3 aromatic heterocycles. The maximum atomic E-state index is 13.3. The van der Waals surface area contributed by atoms with Gasteiger partial charge < -0.3 is 9.84 Å². The number of thiophene rings is 1. The predicted octanol–water partition coefficient (Wildman–Crippen LogP) is 4.91. The second-order valence-electron chi connectivity index (χ2n) is 7.41. The molecule has 170 valence electrons. The Labute approximate surface area is 200 Å². The van der Waals surface area contributed by atoms with Crippen LogP contribution in [0.1, 0.15) is 5.56 Å². The number of aromatic nitrogens is 4. The van der Waals surface area contributed by atoms with Gasteiger partial charge in [0, 0.05) is 16.3 Å². The van der Waals surface area contributed by atoms with E-state index in [4.69, 9.17) is 16.1 Å². The third-order valence-electron chi connectivity index (χ3n) is 5.04. The lowest BCUT2D eigenvalue weighted by Crippen LogP contribution is -2.27. The second-order valence-corrected chi connectivity index (χ2v) is 8.84. The number of hydrogen-bond acceptors (Lipinski definition) is 7. The van der Waals surface area contributed by atoms with Gasteiger partial charge in [0.1, 0.15) is 17.2 Å². The number of fused-ring (bicyclic) bond motifs is 1. The number of aryl methyl sites for hydroxylation is 1. The summed E-state index contributed by atoms with van der Waals surface area (Å²) in [4.78, 5) is 35.4. The van der Waals surface area contributed by atoms with E-state index in [1.165, 1.54) is 40.4 Å². The van der Waals surface area contributed by atoms with Crippen LogP contribution in [0, 0.1) is 12.7 Å². The first-order chi connectivity index (χ1) is 16.4. The Morgan fingerprint density at radius 1 is 1.24 bits per heavy atom. The van der Waals surface area contributed by atoms with Crippen molar-refractivity contribution in [2.45, 2.75) is 13.5 Å². The normalized spacial score (nSPS) is 11.1. The number of nitrogens with one attached hydrogen (secondary N) is 1. The first-order valence-corrected chi connectivity index (χ1v) is 11.2. The molecular weight excluding hydrogens is 481 g/mol. The van der Waals surface area contributed by atoms with Crippen LogP contribution in [0.2, 0.25) is 5.02 Å². The minimum absolute atomic E-state index is 0.255. The van der Waals surface area contributed by atoms with E-state index in [2.05, 4.69) is 20.4 Å². The number of carbonyl (C=O) groups excluding carboxylic acids is 1. The van der Waals surface area contributed by atoms with Crippen LogP contribution in [0.25, 0.3) is 32.4 Å². The van der Waals surface area contributed by atoms with Crippen LogP contribution in [-0.4, -0.2) is 25.6 Å². The first kappa shape index (κ1) is 21.9. The lowest BCUT2D eigenvalue weighted by Gasteiger charge is -2.07. The zero-order valence-electron chi connectivity index (χ0n) is 17.6. The molecule has 1 amide bonds. The zero-order chi connectivity index (χ0) is 23.8. The van der Waals surface area contributed by atoms with Gasteiger partial charge in [0.25, 0.3) is 11.4 Å². The summed E-state index contributed by atoms with van der Waals surface area (Å²) in [5.74, 6) is -0.330. The van der Waals surface area contributed by atoms with Crippen molar-refractivity contribution < 1.29 is 13.7 Å². The molecular formula is C23H15ClFN5O3S. The van der Waals surface area contributed by atoms with Gasteiger partial charge >= 0.3 is 0 Å². The van der Waals surface area contributed by atoms with Crippen LogP contribution in [-0.2, 0) is 11.3 Å². The van der Waals surface area contributed by atoms with Crippen molar-refractivity contribution in [1.82, 2.24) is 19.7 Å². The molecule has 8 nitrogen and oxygen atoms in total. The Balaban J connectivity index is 1.44. The van der Waals surface area contributed by atoms with Crippen molar-refractivity contribution in [2.75, 3.05) is 5.32 Å². The van der Waals surface area contributed by atoms with Crippen molar-refractivity contribution in [3.8, 4) is 22.2 Å². The summed E-state index contributed by atoms with van der Waals surface area (Å²) in [5, 5.41) is 7.50. The molecule has 11 heteroatoms. The summed E-state index contributed by atoms with van der Waals surface area (Å²) in [5.41, 5.74) is 1.24. The fourth-order valence-corrected chi connectivity index (χ4v) is 4.71. The second kappa shape index (κ2) is 8.81. The van der Waals surface area contributed by atoms with Crippen molar-refractivity contribution >= 4 is 44.7 Å². The van der Waals surface area contributed by atoms with Crippen LogP contribution < -0.4 is 10.9 Å². The topological polar surface area (TPSA) is 103 Å². The van der Waals surface area contributed by atoms with Crippen molar-refractivity contribution in [3.63, 3.8) is 0 Å². The van der Waals surface area contributed by atoms with E-state index in [9.17, 15) is 14.0 Å². The maximum Gasteiger partial charge on any atom is 0.268 e. The lowest BCUT2D eigenvalue weighted by molar-refractivity contribution is -0.116. The Kier molecular flexibility index (Phi) is 5.68. The van der Waals surface area contributed by atoms with Gasteiger partial charge in [-0.05, 0) is 42.8 Å². The zero-order valence-corrected chi connectivity index (χ0v) is 19.2. The van der Waals surface area contributed by atoms with Crippen molar-refractivity contribution in [3.05, 3.63) is 81.6 Å². The van der Waals surface area contributed by atoms with Crippen molar-refractivity contribution in [2.24, 2.45) is 0 Å². The molecule has 0 saturated heterocycles. The van der Waals surface area contributed by atoms with Gasteiger partial charge in [0.05, 0.1) is 16.6 Å². The summed E-state index contributed by atoms with van der Waals surface area (Å²) >= 11 is 7.29. The van der Waals surface area contributed by atoms with Crippen LogP contribution in [0.15, 0.2) is 64.2 Å². The van der Waals surface area contributed by atoms with E-state index in [1.807, 2.05) is 6.07 Å². The maximum absolute atomic E-state index is 13.3. The van der Waals surface area contributed by atoms with Gasteiger partial charge in [-0.1, -0.05) is 35.0 Å². The molecule has 0 radical (unpaired) electrons. The van der Waals surface area contributed by atoms with Crippen LogP contribution >= 0.6 is 22.9 Å². The smallest absolute Gasteiger partial charge is 0.268 e. The predicted molar refractivity (Wildman–Crippen MR) is 127 cm³/mol. The molecule has 0 fully saturated rings. The van der Waals surface area contributed by atoms with Gasteiger partial charge in [-0.15, -0.1) is 11.3 Å². The van der Waals surface area contributed by atoms with Gasteiger partial charge in [0.15, 0.2) is 0 Å². The first-order valence-electron chi connectivity index (χ1n) is 10.0. The van der Waals surface area contributed by atoms with Crippen molar-refractivity contribution in [1.29, 1.82) is 0 Å². The van der Waals surface area contributed by atoms with E-state index < -0.39 is 11.7 Å². The number of amides is 1. The quantitative estimate of drug-likeness (QED) is 0.371. The molecule has 3 heterocycles. The molecule has 0 spiro atoms. The number of benzene rings is 2. The Morgan fingerprint density at radius 2 is 2.06 bits per heavy atom. The number of halogens is 2. The van der Waals surface area contributed by atoms with E-state index in [0.29, 0.717) is 42.8 Å². The standard InChI is InChI=1S/C23H15ClFN5O3S/c1-12-18-22(34-19(12)21-28-20(29-33-21)13-4-2-5-14(24)8-13)26-11-30(23(18)32)10-17(31)27-16-7-3-6-15(25)9-16/h2-9,11H,10H2,1H3,(H,27,31). The highest BCUT2D eigenvalue weighted by molar-refractivity contribution is 7.22. The Hall–Kier alpha value is -3.89. The highest BCUT2D eigenvalue weighted by atomic mass is 35.5. The van der Waals surface area contributed by atoms with Gasteiger partial charge in [-0.3, -0.25) is 14.2 Å². The van der Waals surface area contributed by atoms with Gasteiger partial charge in [-0.2, -0.15) is 4.98 Å². The molecule has 0 saturated carbocycles. The molecule has 0 aliphatic carbocycles. The molecule has 5 aromatic rings. The van der Waals surface area contributed by atoms with E-state index in [1.54, 1.807) is 31.2 Å². The molecule has 0 aliphatic heterocycles. The van der Waals surface area contributed by atoms with E-state index >= 15 is 0 Å². The van der Waals surface area contributed by atoms with E-state index in [-0.39, 0.29) is 18.0 Å². The molecule has 0 unspecified atom stereocenters. The molecule has 1 N–H and O–H groups in total. The summed E-state index contributed by atoms with van der Waals surface area (Å²) in [7, 11) is 0. The van der Waals surface area contributed by atoms with Crippen LogP contribution in [0.3, 0.4) is 0 Å². The monoisotopic (exact) mass is 495 g/mol. The highest BCUT2D eigenvalue weighted by Gasteiger charge is 2.21. The average molecular weight is 496 g/mol. The molecule has 5 rings (SSSR count). The largest absolute Gasteiger partial charge is 0.333 e. The number of hydrogen-bond donors (Lipinski definition) is 1. The van der Waals surface area contributed by atoms with Crippen LogP contribution in [0.4, 0.5) is 10.1 Å². The number of nitrogens with zero attached hydrogens (tertiary/aromatic N) is 4. The third kappa shape index (κ3) is 4.20. The SMILES string of the molecule is Cc1c(-c2nc(-c3cccc(Cl)c3)no2)sc2ncn(CC(=O)Nc3cccc(F)c3)c(=O)c12. The molecule has 0 aliphatic rings. The fourth-order valence-electron chi connectivity index (χ4n) is 3.46. The Morgan fingerprint density at radius 3 is 2.85 bits per heavy atom. The van der Waals surface area contributed by atoms with E-state index in [0.717, 1.165) is 0 Å². The number of rotatable bonds is 5. The fraction of sp³-hybridized carbons (Fsp3) is 0.0870. The van der Waals surface area contributed by atoms with Gasteiger partial charge in [-0.25, -0.2) is 9.37 Å². The third-order valence-corrected chi connectivity index (χ3v) is 6.47. The molecule has 0 bridgehead atoms. The summed E-state index contributed by atoms with van der Waals surface area (Å²) < 4.78 is 20.0. The summed E-state index contributed by atoms with van der Waals surface area (Å²) in [6, 6.07) is 12.6. The van der Waals surface area contributed by atoms with Crippen LogP contribution in [0.5, 0.6) is 0 Å². The molecule has 0 atom stereocenters. The minimum atomic E-state index is -0.481. The average Bonchev–Trinajstić information content (AvgIpc) is 3.41. The highest BCUT2D eigenvalue weighted by Crippen LogP contribution is 2.35. The Bertz CT molecular complexity index is 1610. The summed E-state index contributed by atoms with van der Waals surface area (Å²) in [6.45, 7) is 1.49. The number of carbonyl (C=O) groups is 1. The van der Waals surface area contributed by atoms with Gasteiger partial charge in [0.2, 0.25) is 11.7 Å². The molecule has 34 heavy (non-hydrogen) atoms. The number of anilines is 1. The summed E-state index contributed by atoms with van der Waals surface area (Å²) in [6.07, 6.45) is 1.31.